The number of methoxy groups -OCH3 is 1. The van der Waals surface area contributed by atoms with Crippen LogP contribution in [-0.2, 0) is 16.1 Å². The zero-order chi connectivity index (χ0) is 12.7. The molecule has 1 aromatic heterocycles. The minimum absolute atomic E-state index is 0.226. The van der Waals surface area contributed by atoms with Crippen molar-refractivity contribution in [1.82, 2.24) is 15.3 Å². The van der Waals surface area contributed by atoms with Gasteiger partial charge >= 0.3 is 5.97 Å². The van der Waals surface area contributed by atoms with Gasteiger partial charge in [-0.2, -0.15) is 0 Å². The number of nitrogens with one attached hydrogen (secondary N) is 1. The molecular formula is C12H19N3O2. The van der Waals surface area contributed by atoms with Gasteiger partial charge in [0.05, 0.1) is 12.8 Å². The topological polar surface area (TPSA) is 64.1 Å². The summed E-state index contributed by atoms with van der Waals surface area (Å²) in [6.45, 7) is 4.61. The molecule has 0 aromatic carbocycles. The molecule has 0 aliphatic carbocycles. The van der Waals surface area contributed by atoms with Crippen molar-refractivity contribution in [2.75, 3.05) is 7.11 Å². The smallest absolute Gasteiger partial charge is 0.323 e. The van der Waals surface area contributed by atoms with Crippen LogP contribution in [0.4, 0.5) is 0 Å². The molecule has 0 radical (unpaired) electrons. The van der Waals surface area contributed by atoms with Gasteiger partial charge in [-0.25, -0.2) is 9.97 Å². The first-order valence-electron chi connectivity index (χ1n) is 5.75. The van der Waals surface area contributed by atoms with Gasteiger partial charge in [-0.3, -0.25) is 10.1 Å². The van der Waals surface area contributed by atoms with Crippen LogP contribution in [0, 0.1) is 5.92 Å². The van der Waals surface area contributed by atoms with Gasteiger partial charge in [0.15, 0.2) is 0 Å². The summed E-state index contributed by atoms with van der Waals surface area (Å²) >= 11 is 0. The molecule has 1 aromatic rings. The first-order chi connectivity index (χ1) is 8.19. The predicted molar refractivity (Wildman–Crippen MR) is 64.1 cm³/mol. The summed E-state index contributed by atoms with van der Waals surface area (Å²) < 4.78 is 4.79. The maximum Gasteiger partial charge on any atom is 0.323 e. The second-order valence-electron chi connectivity index (χ2n) is 3.97. The zero-order valence-electron chi connectivity index (χ0n) is 10.5. The van der Waals surface area contributed by atoms with Crippen LogP contribution < -0.4 is 5.32 Å². The second kappa shape index (κ2) is 6.96. The lowest BCUT2D eigenvalue weighted by Gasteiger charge is -2.21. The predicted octanol–water partition coefficient (Wildman–Crippen LogP) is 1.15. The third-order valence-electron chi connectivity index (χ3n) is 2.81. The van der Waals surface area contributed by atoms with Crippen molar-refractivity contribution >= 4 is 5.97 Å². The Morgan fingerprint density at radius 1 is 1.59 bits per heavy atom. The lowest BCUT2D eigenvalue weighted by Crippen LogP contribution is -2.42. The molecule has 1 rings (SSSR count). The minimum Gasteiger partial charge on any atom is -0.468 e. The van der Waals surface area contributed by atoms with E-state index in [1.165, 1.54) is 13.4 Å². The highest BCUT2D eigenvalue weighted by atomic mass is 16.5. The minimum atomic E-state index is -0.292. The van der Waals surface area contributed by atoms with Crippen molar-refractivity contribution < 1.29 is 9.53 Å². The summed E-state index contributed by atoms with van der Waals surface area (Å²) in [5, 5.41) is 3.17. The van der Waals surface area contributed by atoms with E-state index in [9.17, 15) is 4.79 Å². The quantitative estimate of drug-likeness (QED) is 0.752. The average molecular weight is 237 g/mol. The molecular weight excluding hydrogens is 218 g/mol. The molecule has 0 bridgehead atoms. The molecule has 0 saturated carbocycles. The maximum atomic E-state index is 11.6. The van der Waals surface area contributed by atoms with Gasteiger partial charge in [0.25, 0.3) is 0 Å². The van der Waals surface area contributed by atoms with Crippen LogP contribution in [0.25, 0.3) is 0 Å². The number of carbonyl (C=O) groups excluding carboxylic acids is 1. The molecule has 2 atom stereocenters. The van der Waals surface area contributed by atoms with Gasteiger partial charge in [0, 0.05) is 12.7 Å². The van der Waals surface area contributed by atoms with Crippen molar-refractivity contribution in [3.8, 4) is 0 Å². The summed E-state index contributed by atoms with van der Waals surface area (Å²) in [5.41, 5.74) is 0.859. The van der Waals surface area contributed by atoms with Crippen LogP contribution in [0.15, 0.2) is 18.6 Å². The van der Waals surface area contributed by atoms with Crippen molar-refractivity contribution in [2.45, 2.75) is 32.9 Å². The van der Waals surface area contributed by atoms with E-state index in [4.69, 9.17) is 4.74 Å². The van der Waals surface area contributed by atoms with Crippen LogP contribution >= 0.6 is 0 Å². The zero-order valence-corrected chi connectivity index (χ0v) is 10.5. The standard InChI is InChI=1S/C12H19N3O2/c1-4-9(2)11(12(16)17-3)14-7-10-5-6-13-8-15-10/h5-6,8-9,11,14H,4,7H2,1-3H3. The lowest BCUT2D eigenvalue weighted by atomic mass is 9.99. The molecule has 0 saturated heterocycles. The first-order valence-corrected chi connectivity index (χ1v) is 5.75. The summed E-state index contributed by atoms with van der Waals surface area (Å²) in [4.78, 5) is 19.6. The van der Waals surface area contributed by atoms with Crippen LogP contribution in [-0.4, -0.2) is 29.1 Å². The van der Waals surface area contributed by atoms with Crippen LogP contribution in [0.1, 0.15) is 26.0 Å². The normalized spacial score (nSPS) is 14.1. The van der Waals surface area contributed by atoms with E-state index in [-0.39, 0.29) is 17.9 Å². The van der Waals surface area contributed by atoms with Crippen LogP contribution in [0.5, 0.6) is 0 Å². The number of carbonyl (C=O) groups is 1. The molecule has 0 aliphatic rings. The van der Waals surface area contributed by atoms with E-state index in [1.807, 2.05) is 19.9 Å². The first kappa shape index (κ1) is 13.6. The molecule has 1 heterocycles. The lowest BCUT2D eigenvalue weighted by molar-refractivity contribution is -0.144. The molecule has 5 nitrogen and oxygen atoms in total. The molecule has 0 spiro atoms. The largest absolute Gasteiger partial charge is 0.468 e. The van der Waals surface area contributed by atoms with Gasteiger partial charge in [0.2, 0.25) is 0 Å². The SMILES string of the molecule is CCC(C)C(NCc1ccncn1)C(=O)OC. The third-order valence-corrected chi connectivity index (χ3v) is 2.81. The van der Waals surface area contributed by atoms with E-state index in [1.54, 1.807) is 6.20 Å². The van der Waals surface area contributed by atoms with E-state index in [0.29, 0.717) is 6.54 Å². The van der Waals surface area contributed by atoms with Gasteiger partial charge in [-0.05, 0) is 12.0 Å². The van der Waals surface area contributed by atoms with Crippen LogP contribution in [0.3, 0.4) is 0 Å². The van der Waals surface area contributed by atoms with Crippen molar-refractivity contribution in [3.63, 3.8) is 0 Å². The fourth-order valence-electron chi connectivity index (χ4n) is 1.52. The molecule has 5 heteroatoms. The van der Waals surface area contributed by atoms with Crippen molar-refractivity contribution in [3.05, 3.63) is 24.3 Å². The Labute approximate surface area is 102 Å². The molecule has 0 fully saturated rings. The molecule has 17 heavy (non-hydrogen) atoms. The van der Waals surface area contributed by atoms with Gasteiger partial charge < -0.3 is 4.74 Å². The van der Waals surface area contributed by atoms with Crippen molar-refractivity contribution in [1.29, 1.82) is 0 Å². The summed E-state index contributed by atoms with van der Waals surface area (Å²) in [6.07, 6.45) is 4.09. The average Bonchev–Trinajstić information content (AvgIpc) is 2.39. The monoisotopic (exact) mass is 237 g/mol. The Morgan fingerprint density at radius 3 is 2.88 bits per heavy atom. The number of aromatic nitrogens is 2. The number of hydrogen-bond acceptors (Lipinski definition) is 5. The van der Waals surface area contributed by atoms with Gasteiger partial charge in [-0.15, -0.1) is 0 Å². The number of hydrogen-bond donors (Lipinski definition) is 1. The molecule has 1 N–H and O–H groups in total. The Bertz CT molecular complexity index is 343. The summed E-state index contributed by atoms with van der Waals surface area (Å²) in [6, 6.07) is 1.53. The number of ether oxygens (including phenoxy) is 1. The van der Waals surface area contributed by atoms with Crippen LogP contribution in [0.2, 0.25) is 0 Å². The van der Waals surface area contributed by atoms with E-state index in [0.717, 1.165) is 12.1 Å². The summed E-state index contributed by atoms with van der Waals surface area (Å²) in [7, 11) is 1.41. The Hall–Kier alpha value is -1.49. The molecule has 2 unspecified atom stereocenters. The molecule has 0 amide bonds. The highest BCUT2D eigenvalue weighted by molar-refractivity contribution is 5.75. The Kier molecular flexibility index (Phi) is 5.56. The number of nitrogens with zero attached hydrogens (tertiary/aromatic N) is 2. The molecule has 94 valence electrons. The Balaban J connectivity index is 2.58. The van der Waals surface area contributed by atoms with E-state index < -0.39 is 0 Å². The van der Waals surface area contributed by atoms with Gasteiger partial charge in [-0.1, -0.05) is 20.3 Å². The van der Waals surface area contributed by atoms with Crippen molar-refractivity contribution in [2.24, 2.45) is 5.92 Å². The molecule has 0 aliphatic heterocycles. The summed E-state index contributed by atoms with van der Waals surface area (Å²) in [5.74, 6) is -0.00214. The fraction of sp³-hybridized carbons (Fsp3) is 0.583. The number of esters is 1. The van der Waals surface area contributed by atoms with E-state index >= 15 is 0 Å². The maximum absolute atomic E-state index is 11.6. The number of rotatable bonds is 6. The van der Waals surface area contributed by atoms with Gasteiger partial charge in [0.1, 0.15) is 12.4 Å². The Morgan fingerprint density at radius 2 is 2.35 bits per heavy atom. The highest BCUT2D eigenvalue weighted by Crippen LogP contribution is 2.09. The third kappa shape index (κ3) is 4.11. The second-order valence-corrected chi connectivity index (χ2v) is 3.97. The fourth-order valence-corrected chi connectivity index (χ4v) is 1.52. The highest BCUT2D eigenvalue weighted by Gasteiger charge is 2.24. The van der Waals surface area contributed by atoms with E-state index in [2.05, 4.69) is 15.3 Å².